The van der Waals surface area contributed by atoms with Crippen LogP contribution in [0.25, 0.3) is 0 Å². The van der Waals surface area contributed by atoms with Gasteiger partial charge in [0.25, 0.3) is 0 Å². The maximum absolute atomic E-state index is 12.5. The number of nitrogens with zero attached hydrogens (tertiary/aromatic N) is 1. The second-order valence-corrected chi connectivity index (χ2v) is 4.60. The van der Waals surface area contributed by atoms with Crippen LogP contribution in [0.2, 0.25) is 0 Å². The van der Waals surface area contributed by atoms with Crippen molar-refractivity contribution in [3.05, 3.63) is 29.3 Å². The first-order valence-electron chi connectivity index (χ1n) is 5.61. The van der Waals surface area contributed by atoms with E-state index in [-0.39, 0.29) is 18.0 Å². The Labute approximate surface area is 103 Å². The fraction of sp³-hybridized carbons (Fsp3) is 0.385. The van der Waals surface area contributed by atoms with Crippen LogP contribution in [-0.4, -0.2) is 17.7 Å². The number of halogens is 3. The smallest absolute Gasteiger partial charge is 0.292 e. The number of benzene rings is 1. The molecule has 1 aliphatic rings. The molecule has 2 nitrogen and oxygen atoms in total. The van der Waals surface area contributed by atoms with Gasteiger partial charge in [-0.2, -0.15) is 13.2 Å². The van der Waals surface area contributed by atoms with E-state index in [1.807, 2.05) is 13.8 Å². The monoisotopic (exact) mass is 255 g/mol. The van der Waals surface area contributed by atoms with E-state index in [9.17, 15) is 18.0 Å². The summed E-state index contributed by atoms with van der Waals surface area (Å²) in [7, 11) is 0. The van der Waals surface area contributed by atoms with Crippen molar-refractivity contribution in [2.45, 2.75) is 32.4 Å². The maximum atomic E-state index is 12.5. The molecule has 2 rings (SSSR count). The lowest BCUT2D eigenvalue weighted by molar-refractivity contribution is -0.116. The summed E-state index contributed by atoms with van der Waals surface area (Å²) in [5.41, 5.74) is 0.505. The zero-order chi connectivity index (χ0) is 13.5. The third kappa shape index (κ3) is 2.30. The molecule has 0 atom stereocenters. The van der Waals surface area contributed by atoms with Gasteiger partial charge < -0.3 is 0 Å². The Morgan fingerprint density at radius 2 is 1.94 bits per heavy atom. The van der Waals surface area contributed by atoms with Crippen LogP contribution in [0.5, 0.6) is 0 Å². The molecule has 1 heterocycles. The molecule has 96 valence electrons. The highest BCUT2D eigenvalue weighted by Crippen LogP contribution is 2.32. The van der Waals surface area contributed by atoms with Crippen molar-refractivity contribution in [3.63, 3.8) is 0 Å². The summed E-state index contributed by atoms with van der Waals surface area (Å²) in [5, 5.41) is 0. The molecule has 1 aliphatic heterocycles. The molecule has 0 bridgehead atoms. The molecule has 0 N–H and O–H groups in total. The summed E-state index contributed by atoms with van der Waals surface area (Å²) in [6.45, 7) is 3.97. The molecule has 0 aromatic heterocycles. The number of Topliss-reactive ketones (excluding diaryl/α,β-unsaturated/α-hetero) is 1. The Morgan fingerprint density at radius 3 is 2.50 bits per heavy atom. The number of hydrogen-bond donors (Lipinski definition) is 0. The number of rotatable bonds is 1. The summed E-state index contributed by atoms with van der Waals surface area (Å²) in [4.78, 5) is 14.9. The van der Waals surface area contributed by atoms with Crippen LogP contribution in [0.4, 0.5) is 18.9 Å². The van der Waals surface area contributed by atoms with Crippen LogP contribution >= 0.6 is 0 Å². The SMILES string of the molecule is CC(C)c1ccc2c(c1)CC(=O)C(C(F)(F)F)=N2. The topological polar surface area (TPSA) is 29.4 Å². The zero-order valence-electron chi connectivity index (χ0n) is 10.0. The Bertz CT molecular complexity index is 530. The number of carbonyl (C=O) groups is 1. The predicted molar refractivity (Wildman–Crippen MR) is 62.4 cm³/mol. The van der Waals surface area contributed by atoms with Crippen molar-refractivity contribution in [2.24, 2.45) is 4.99 Å². The largest absolute Gasteiger partial charge is 0.436 e. The van der Waals surface area contributed by atoms with Gasteiger partial charge in [0.2, 0.25) is 0 Å². The van der Waals surface area contributed by atoms with Crippen LogP contribution in [0.1, 0.15) is 30.9 Å². The molecule has 0 saturated heterocycles. The lowest BCUT2D eigenvalue weighted by Gasteiger charge is -2.18. The van der Waals surface area contributed by atoms with Gasteiger partial charge in [-0.05, 0) is 23.1 Å². The van der Waals surface area contributed by atoms with E-state index in [0.29, 0.717) is 5.56 Å². The van der Waals surface area contributed by atoms with E-state index in [0.717, 1.165) is 5.56 Å². The normalized spacial score (nSPS) is 15.7. The maximum Gasteiger partial charge on any atom is 0.436 e. The van der Waals surface area contributed by atoms with Crippen LogP contribution < -0.4 is 0 Å². The minimum atomic E-state index is -4.68. The molecular formula is C13H12F3NO. The van der Waals surface area contributed by atoms with E-state index in [1.54, 1.807) is 18.2 Å². The number of hydrogen-bond acceptors (Lipinski definition) is 2. The summed E-state index contributed by atoms with van der Waals surface area (Å²) in [6.07, 6.45) is -4.90. The molecule has 0 radical (unpaired) electrons. The van der Waals surface area contributed by atoms with Gasteiger partial charge in [-0.25, -0.2) is 4.99 Å². The van der Waals surface area contributed by atoms with Crippen molar-refractivity contribution >= 4 is 17.2 Å². The first kappa shape index (κ1) is 12.8. The Balaban J connectivity index is 2.48. The van der Waals surface area contributed by atoms with Crippen molar-refractivity contribution < 1.29 is 18.0 Å². The predicted octanol–water partition coefficient (Wildman–Crippen LogP) is 3.57. The first-order valence-corrected chi connectivity index (χ1v) is 5.61. The number of ketones is 1. The number of aliphatic imine (C=N–C) groups is 1. The van der Waals surface area contributed by atoms with E-state index in [4.69, 9.17) is 0 Å². The highest BCUT2D eigenvalue weighted by Gasteiger charge is 2.42. The summed E-state index contributed by atoms with van der Waals surface area (Å²) < 4.78 is 37.6. The minimum absolute atomic E-state index is 0.228. The van der Waals surface area contributed by atoms with E-state index in [1.165, 1.54) is 0 Å². The van der Waals surface area contributed by atoms with Crippen LogP contribution in [0.15, 0.2) is 23.2 Å². The van der Waals surface area contributed by atoms with Gasteiger partial charge >= 0.3 is 6.18 Å². The molecule has 0 amide bonds. The molecule has 1 aromatic rings. The fourth-order valence-corrected chi connectivity index (χ4v) is 1.88. The Morgan fingerprint density at radius 1 is 1.28 bits per heavy atom. The highest BCUT2D eigenvalue weighted by atomic mass is 19.4. The molecule has 5 heteroatoms. The van der Waals surface area contributed by atoms with Gasteiger partial charge in [0.15, 0.2) is 11.5 Å². The average Bonchev–Trinajstić information content (AvgIpc) is 2.25. The van der Waals surface area contributed by atoms with E-state index >= 15 is 0 Å². The lowest BCUT2D eigenvalue weighted by Crippen LogP contribution is -2.34. The molecular weight excluding hydrogens is 243 g/mol. The third-order valence-electron chi connectivity index (χ3n) is 2.89. The van der Waals surface area contributed by atoms with Crippen LogP contribution in [0.3, 0.4) is 0 Å². The van der Waals surface area contributed by atoms with Crippen molar-refractivity contribution in [1.29, 1.82) is 0 Å². The number of fused-ring (bicyclic) bond motifs is 1. The summed E-state index contributed by atoms with van der Waals surface area (Å²) >= 11 is 0. The molecule has 18 heavy (non-hydrogen) atoms. The van der Waals surface area contributed by atoms with E-state index < -0.39 is 17.7 Å². The molecule has 1 aromatic carbocycles. The van der Waals surface area contributed by atoms with Crippen molar-refractivity contribution in [1.82, 2.24) is 0 Å². The van der Waals surface area contributed by atoms with Crippen molar-refractivity contribution in [2.75, 3.05) is 0 Å². The van der Waals surface area contributed by atoms with Gasteiger partial charge in [0.05, 0.1) is 5.69 Å². The van der Waals surface area contributed by atoms with Gasteiger partial charge in [-0.15, -0.1) is 0 Å². The van der Waals surface area contributed by atoms with Crippen LogP contribution in [0, 0.1) is 0 Å². The highest BCUT2D eigenvalue weighted by molar-refractivity contribution is 6.43. The molecule has 0 unspecified atom stereocenters. The first-order chi connectivity index (χ1) is 8.29. The average molecular weight is 255 g/mol. The van der Waals surface area contributed by atoms with Gasteiger partial charge in [-0.1, -0.05) is 26.0 Å². The summed E-state index contributed by atoms with van der Waals surface area (Å²) in [5.74, 6) is -0.700. The quantitative estimate of drug-likeness (QED) is 0.754. The molecule has 0 aliphatic carbocycles. The van der Waals surface area contributed by atoms with Gasteiger partial charge in [-0.3, -0.25) is 4.79 Å². The molecule has 0 fully saturated rings. The second kappa shape index (κ2) is 4.23. The minimum Gasteiger partial charge on any atom is -0.292 e. The second-order valence-electron chi connectivity index (χ2n) is 4.60. The molecule has 0 saturated carbocycles. The molecule has 0 spiro atoms. The Hall–Kier alpha value is -1.65. The fourth-order valence-electron chi connectivity index (χ4n) is 1.88. The lowest BCUT2D eigenvalue weighted by atomic mass is 9.94. The third-order valence-corrected chi connectivity index (χ3v) is 2.89. The zero-order valence-corrected chi connectivity index (χ0v) is 10.0. The number of carbonyl (C=O) groups excluding carboxylic acids is 1. The van der Waals surface area contributed by atoms with Crippen molar-refractivity contribution in [3.8, 4) is 0 Å². The summed E-state index contributed by atoms with van der Waals surface area (Å²) in [6, 6.07) is 5.05. The number of alkyl halides is 3. The van der Waals surface area contributed by atoms with Gasteiger partial charge in [0, 0.05) is 6.42 Å². The van der Waals surface area contributed by atoms with Gasteiger partial charge in [0.1, 0.15) is 0 Å². The van der Waals surface area contributed by atoms with Crippen LogP contribution in [-0.2, 0) is 11.2 Å². The standard InChI is InChI=1S/C13H12F3NO/c1-7(2)8-3-4-10-9(5-8)6-11(18)12(17-10)13(14,15)16/h3-5,7H,6H2,1-2H3. The van der Waals surface area contributed by atoms with E-state index in [2.05, 4.69) is 4.99 Å². The Kier molecular flexibility index (Phi) is 3.00.